The van der Waals surface area contributed by atoms with Gasteiger partial charge in [0.05, 0.1) is 6.61 Å². The van der Waals surface area contributed by atoms with Crippen LogP contribution in [0.4, 0.5) is 0 Å². The van der Waals surface area contributed by atoms with Crippen LogP contribution in [-0.2, 0) is 9.53 Å². The van der Waals surface area contributed by atoms with Gasteiger partial charge >= 0.3 is 5.97 Å². The predicted molar refractivity (Wildman–Crippen MR) is 207 cm³/mol. The summed E-state index contributed by atoms with van der Waals surface area (Å²) in [6.07, 6.45) is 53.0. The maximum atomic E-state index is 12.0. The van der Waals surface area contributed by atoms with Gasteiger partial charge in [0.25, 0.3) is 0 Å². The zero-order valence-electron chi connectivity index (χ0n) is 32.2. The van der Waals surface area contributed by atoms with Gasteiger partial charge in [-0.3, -0.25) is 4.79 Å². The van der Waals surface area contributed by atoms with Crippen LogP contribution >= 0.6 is 0 Å². The Morgan fingerprint density at radius 1 is 0.435 bits per heavy atom. The number of hydrogen-bond acceptors (Lipinski definition) is 2. The monoisotopic (exact) mass is 647 g/mol. The van der Waals surface area contributed by atoms with Crippen molar-refractivity contribution in [2.75, 3.05) is 6.61 Å². The van der Waals surface area contributed by atoms with E-state index in [1.807, 2.05) is 0 Å². The summed E-state index contributed by atoms with van der Waals surface area (Å²) >= 11 is 0. The van der Waals surface area contributed by atoms with Crippen LogP contribution in [0, 0.1) is 5.92 Å². The van der Waals surface area contributed by atoms with E-state index in [0.29, 0.717) is 13.0 Å². The molecule has 2 heteroatoms. The molecule has 0 heterocycles. The van der Waals surface area contributed by atoms with Gasteiger partial charge in [0.15, 0.2) is 0 Å². The molecular formula is C44H86O2. The number of rotatable bonds is 39. The van der Waals surface area contributed by atoms with E-state index in [0.717, 1.165) is 25.2 Å². The number of hydrogen-bond donors (Lipinski definition) is 0. The van der Waals surface area contributed by atoms with Crippen LogP contribution in [0.2, 0.25) is 0 Å². The fourth-order valence-electron chi connectivity index (χ4n) is 6.73. The maximum Gasteiger partial charge on any atom is 0.305 e. The lowest BCUT2D eigenvalue weighted by Gasteiger charge is -2.11. The molecule has 46 heavy (non-hydrogen) atoms. The summed E-state index contributed by atoms with van der Waals surface area (Å²) in [5, 5.41) is 0. The molecule has 0 bridgehead atoms. The highest BCUT2D eigenvalue weighted by Gasteiger charge is 2.05. The Morgan fingerprint density at radius 2 is 0.761 bits per heavy atom. The molecule has 2 nitrogen and oxygen atoms in total. The molecular weight excluding hydrogens is 560 g/mol. The Kier molecular flexibility index (Phi) is 39.7. The lowest BCUT2D eigenvalue weighted by molar-refractivity contribution is -0.143. The molecule has 0 radical (unpaired) electrons. The van der Waals surface area contributed by atoms with E-state index in [9.17, 15) is 4.79 Å². The normalized spacial score (nSPS) is 12.3. The fourth-order valence-corrected chi connectivity index (χ4v) is 6.73. The molecule has 0 aromatic rings. The zero-order chi connectivity index (χ0) is 33.4. The first-order chi connectivity index (χ1) is 22.7. The third-order valence-corrected chi connectivity index (χ3v) is 10.0. The molecule has 0 amide bonds. The predicted octanol–water partition coefficient (Wildman–Crippen LogP) is 15.8. The van der Waals surface area contributed by atoms with Gasteiger partial charge in [0.1, 0.15) is 0 Å². The molecule has 1 atom stereocenters. The van der Waals surface area contributed by atoms with Crippen LogP contribution in [0.5, 0.6) is 0 Å². The fraction of sp³-hybridized carbons (Fsp3) is 0.932. The number of allylic oxidation sites excluding steroid dienone is 2. The van der Waals surface area contributed by atoms with Crippen molar-refractivity contribution in [3.05, 3.63) is 12.2 Å². The van der Waals surface area contributed by atoms with Gasteiger partial charge in [-0.2, -0.15) is 0 Å². The van der Waals surface area contributed by atoms with Crippen LogP contribution in [0.1, 0.15) is 252 Å². The molecule has 0 aromatic heterocycles. The van der Waals surface area contributed by atoms with Gasteiger partial charge in [-0.15, -0.1) is 0 Å². The Balaban J connectivity index is 3.27. The summed E-state index contributed by atoms with van der Waals surface area (Å²) in [6.45, 7) is 7.61. The highest BCUT2D eigenvalue weighted by molar-refractivity contribution is 5.69. The van der Waals surface area contributed by atoms with E-state index in [-0.39, 0.29) is 5.97 Å². The Labute approximate surface area is 291 Å². The summed E-state index contributed by atoms with van der Waals surface area (Å²) in [7, 11) is 0. The summed E-state index contributed by atoms with van der Waals surface area (Å²) in [4.78, 5) is 12.0. The van der Waals surface area contributed by atoms with Gasteiger partial charge in [-0.25, -0.2) is 0 Å². The molecule has 0 spiro atoms. The Morgan fingerprint density at radius 3 is 1.17 bits per heavy atom. The third-order valence-electron chi connectivity index (χ3n) is 10.0. The summed E-state index contributed by atoms with van der Waals surface area (Å²) < 4.78 is 5.50. The lowest BCUT2D eigenvalue weighted by atomic mass is 9.96. The number of esters is 1. The SMILES string of the molecule is CCCCCCCC/C=C\CCCCCCCC(=O)OCCCCC(C)CCCCCCCCCCCCCCCCCCCC. The third kappa shape index (κ3) is 39.4. The molecule has 0 N–H and O–H groups in total. The molecule has 0 saturated heterocycles. The van der Waals surface area contributed by atoms with Crippen molar-refractivity contribution in [3.63, 3.8) is 0 Å². The van der Waals surface area contributed by atoms with E-state index in [1.54, 1.807) is 0 Å². The van der Waals surface area contributed by atoms with Crippen LogP contribution in [0.25, 0.3) is 0 Å². The van der Waals surface area contributed by atoms with E-state index >= 15 is 0 Å². The minimum absolute atomic E-state index is 0.0180. The minimum atomic E-state index is 0.0180. The molecule has 0 saturated carbocycles. The summed E-state index contributed by atoms with van der Waals surface area (Å²) in [6, 6.07) is 0. The number of carbonyl (C=O) groups excluding carboxylic acids is 1. The van der Waals surface area contributed by atoms with Crippen LogP contribution in [0.15, 0.2) is 12.2 Å². The smallest absolute Gasteiger partial charge is 0.305 e. The Hall–Kier alpha value is -0.790. The molecule has 0 fully saturated rings. The second-order valence-corrected chi connectivity index (χ2v) is 15.0. The Bertz CT molecular complexity index is 597. The summed E-state index contributed by atoms with van der Waals surface area (Å²) in [5.41, 5.74) is 0. The molecule has 1 unspecified atom stereocenters. The van der Waals surface area contributed by atoms with E-state index in [1.165, 1.54) is 205 Å². The second kappa shape index (κ2) is 40.4. The van der Waals surface area contributed by atoms with Crippen molar-refractivity contribution in [3.8, 4) is 0 Å². The average molecular weight is 647 g/mol. The largest absolute Gasteiger partial charge is 0.466 e. The first kappa shape index (κ1) is 45.2. The number of unbranched alkanes of at least 4 members (excludes halogenated alkanes) is 29. The van der Waals surface area contributed by atoms with Gasteiger partial charge in [-0.05, 0) is 50.9 Å². The van der Waals surface area contributed by atoms with Crippen LogP contribution in [0.3, 0.4) is 0 Å². The van der Waals surface area contributed by atoms with E-state index in [2.05, 4.69) is 32.9 Å². The van der Waals surface area contributed by atoms with Crippen LogP contribution in [-0.4, -0.2) is 12.6 Å². The van der Waals surface area contributed by atoms with Crippen molar-refractivity contribution in [2.45, 2.75) is 252 Å². The van der Waals surface area contributed by atoms with E-state index < -0.39 is 0 Å². The van der Waals surface area contributed by atoms with Gasteiger partial charge < -0.3 is 4.74 Å². The van der Waals surface area contributed by atoms with Gasteiger partial charge in [0.2, 0.25) is 0 Å². The van der Waals surface area contributed by atoms with Crippen molar-refractivity contribution in [1.29, 1.82) is 0 Å². The summed E-state index contributed by atoms with van der Waals surface area (Å²) in [5.74, 6) is 0.831. The molecule has 0 rings (SSSR count). The van der Waals surface area contributed by atoms with Crippen molar-refractivity contribution in [2.24, 2.45) is 5.92 Å². The standard InChI is InChI=1S/C44H86O2/c1-4-6-8-10-12-14-16-18-20-21-22-24-25-27-29-31-33-35-39-43(3)40-37-38-42-46-44(45)41-36-34-32-30-28-26-23-19-17-15-13-11-9-7-5-2/h19,23,43H,4-18,20-22,24-42H2,1-3H3/b23-19-. The van der Waals surface area contributed by atoms with E-state index in [4.69, 9.17) is 4.74 Å². The lowest BCUT2D eigenvalue weighted by Crippen LogP contribution is -2.06. The van der Waals surface area contributed by atoms with Crippen LogP contribution < -0.4 is 0 Å². The first-order valence-corrected chi connectivity index (χ1v) is 21.5. The first-order valence-electron chi connectivity index (χ1n) is 21.5. The highest BCUT2D eigenvalue weighted by atomic mass is 16.5. The second-order valence-electron chi connectivity index (χ2n) is 15.0. The van der Waals surface area contributed by atoms with Crippen molar-refractivity contribution in [1.82, 2.24) is 0 Å². The highest BCUT2D eigenvalue weighted by Crippen LogP contribution is 2.18. The van der Waals surface area contributed by atoms with Crippen molar-refractivity contribution < 1.29 is 9.53 Å². The van der Waals surface area contributed by atoms with Crippen molar-refractivity contribution >= 4 is 5.97 Å². The number of carbonyl (C=O) groups is 1. The molecule has 0 aromatic carbocycles. The topological polar surface area (TPSA) is 26.3 Å². The van der Waals surface area contributed by atoms with Gasteiger partial charge in [-0.1, -0.05) is 213 Å². The molecule has 0 aliphatic carbocycles. The molecule has 274 valence electrons. The molecule has 0 aliphatic rings. The minimum Gasteiger partial charge on any atom is -0.466 e. The number of ether oxygens (including phenoxy) is 1. The quantitative estimate of drug-likeness (QED) is 0.0377. The average Bonchev–Trinajstić information content (AvgIpc) is 3.05. The maximum absolute atomic E-state index is 12.0. The zero-order valence-corrected chi connectivity index (χ0v) is 32.2. The van der Waals surface area contributed by atoms with Gasteiger partial charge in [0, 0.05) is 6.42 Å². The molecule has 0 aliphatic heterocycles.